The Morgan fingerprint density at radius 1 is 0.933 bits per heavy atom. The maximum absolute atomic E-state index is 9.54. The number of carboxylic acids is 2. The van der Waals surface area contributed by atoms with Crippen LogP contribution in [-0.4, -0.2) is 22.6 Å². The molecule has 7 heteroatoms. The van der Waals surface area contributed by atoms with E-state index in [1.54, 1.807) is 0 Å². The molecule has 0 fully saturated rings. The van der Waals surface area contributed by atoms with Gasteiger partial charge in [-0.05, 0) is 12.2 Å². The van der Waals surface area contributed by atoms with Crippen molar-refractivity contribution in [2.24, 2.45) is 0 Å². The summed E-state index contributed by atoms with van der Waals surface area (Å²) in [6.45, 7) is 0. The second-order valence-electron chi connectivity index (χ2n) is 1.75. The molecule has 0 aromatic carbocycles. The summed E-state index contributed by atoms with van der Waals surface area (Å²) >= 11 is 6.00. The second-order valence-corrected chi connectivity index (χ2v) is 3.05. The van der Waals surface area contributed by atoms with E-state index in [1.165, 1.54) is 12.2 Å². The molecule has 0 rings (SSSR count). The summed E-state index contributed by atoms with van der Waals surface area (Å²) in [6.07, 6.45) is 4.87. The fourth-order valence-corrected chi connectivity index (χ4v) is 0.655. The van der Waals surface area contributed by atoms with Crippen LogP contribution in [0.2, 0.25) is 0 Å². The van der Waals surface area contributed by atoms with Crippen LogP contribution >= 0.6 is 31.9 Å². The number of allylic oxidation sites excluding steroid dienone is 2. The van der Waals surface area contributed by atoms with E-state index < -0.39 is 11.9 Å². The summed E-state index contributed by atoms with van der Waals surface area (Å²) in [4.78, 5) is 19.1. The molecule has 0 spiro atoms. The smallest absolute Gasteiger partial charge is 0.545 e. The van der Waals surface area contributed by atoms with Crippen molar-refractivity contribution in [3.8, 4) is 0 Å². The van der Waals surface area contributed by atoms with E-state index in [1.807, 2.05) is 0 Å². The Morgan fingerprint density at radius 3 is 1.27 bits per heavy atom. The minimum atomic E-state index is -1.15. The van der Waals surface area contributed by atoms with Gasteiger partial charge in [-0.25, -0.2) is 0 Å². The Bertz CT molecular complexity index is 205. The van der Waals surface area contributed by atoms with Gasteiger partial charge < -0.3 is 19.8 Å². The average molecular weight is 440 g/mol. The van der Waals surface area contributed by atoms with Gasteiger partial charge in [-0.2, -0.15) is 0 Å². The Hall–Kier alpha value is 0.302. The number of carboxylic acid groups (broad SMARTS) is 2. The van der Waals surface area contributed by atoms with E-state index in [0.717, 1.165) is 12.2 Å². The zero-order chi connectivity index (χ0) is 11.4. The van der Waals surface area contributed by atoms with Crippen LogP contribution in [0.5, 0.6) is 0 Å². The fraction of sp³-hybridized carbons (Fsp3) is 0.250. The molecule has 0 aliphatic rings. The van der Waals surface area contributed by atoms with Crippen LogP contribution in [0.1, 0.15) is 0 Å². The molecular weight excluding hydrogens is 432 g/mol. The molecule has 0 heterocycles. The van der Waals surface area contributed by atoms with Gasteiger partial charge in [0.15, 0.2) is 0 Å². The summed E-state index contributed by atoms with van der Waals surface area (Å²) < 4.78 is 0. The Balaban J connectivity index is -0.000000180. The number of aliphatic carboxylic acids is 2. The van der Waals surface area contributed by atoms with E-state index in [0.29, 0.717) is 10.7 Å². The van der Waals surface area contributed by atoms with Gasteiger partial charge in [0.1, 0.15) is 0 Å². The third kappa shape index (κ3) is 31.4. The van der Waals surface area contributed by atoms with Gasteiger partial charge in [0.05, 0.1) is 11.9 Å². The first kappa shape index (κ1) is 20.7. The summed E-state index contributed by atoms with van der Waals surface area (Å²) in [5, 5.41) is 20.2. The van der Waals surface area contributed by atoms with Crippen molar-refractivity contribution in [2.75, 3.05) is 10.7 Å². The fourth-order valence-electron chi connectivity index (χ4n) is 0.282. The molecule has 80 valence electrons. The minimum Gasteiger partial charge on any atom is -0.545 e. The van der Waals surface area contributed by atoms with Crippen molar-refractivity contribution in [1.29, 1.82) is 0 Å². The Kier molecular flexibility index (Phi) is 23.1. The van der Waals surface area contributed by atoms with Crippen molar-refractivity contribution in [2.45, 2.75) is 0 Å². The van der Waals surface area contributed by atoms with Gasteiger partial charge in [-0.15, -0.1) is 0 Å². The molecule has 0 aromatic rings. The van der Waals surface area contributed by atoms with Gasteiger partial charge in [-0.3, -0.25) is 0 Å². The van der Waals surface area contributed by atoms with E-state index in [4.69, 9.17) is 0 Å². The van der Waals surface area contributed by atoms with Crippen LogP contribution in [0.4, 0.5) is 0 Å². The van der Waals surface area contributed by atoms with Gasteiger partial charge in [0.25, 0.3) is 0 Å². The maximum Gasteiger partial charge on any atom is 2.00 e. The van der Waals surface area contributed by atoms with Crippen LogP contribution in [0.3, 0.4) is 0 Å². The molecule has 15 heavy (non-hydrogen) atoms. The maximum atomic E-state index is 9.54. The molecule has 0 aromatic heterocycles. The molecule has 0 bridgehead atoms. The van der Waals surface area contributed by atoms with Crippen molar-refractivity contribution in [3.63, 3.8) is 0 Å². The first-order valence-electron chi connectivity index (χ1n) is 3.41. The average Bonchev–Trinajstić information content (AvgIpc) is 2.12. The molecule has 0 N–H and O–H groups in total. The first-order valence-corrected chi connectivity index (χ1v) is 5.65. The molecule has 0 unspecified atom stereocenters. The third-order valence-corrected chi connectivity index (χ3v) is 1.43. The standard InChI is InChI=1S/2C4H5BrO2.Cd/c2*5-3-1-2-4(6)7;/h2*1-2H,3H2,(H,6,7);/q;;+2/p-2/b2*2-1+;. The van der Waals surface area contributed by atoms with Crippen molar-refractivity contribution < 1.29 is 47.1 Å². The van der Waals surface area contributed by atoms with E-state index in [9.17, 15) is 19.8 Å². The second kappa shape index (κ2) is 16.7. The largest absolute Gasteiger partial charge is 2.00 e. The summed E-state index contributed by atoms with van der Waals surface area (Å²) in [6, 6.07) is 0. The topological polar surface area (TPSA) is 80.3 Å². The van der Waals surface area contributed by atoms with Gasteiger partial charge >= 0.3 is 27.3 Å². The van der Waals surface area contributed by atoms with E-state index >= 15 is 0 Å². The van der Waals surface area contributed by atoms with Crippen LogP contribution in [0.15, 0.2) is 24.3 Å². The summed E-state index contributed by atoms with van der Waals surface area (Å²) in [5.41, 5.74) is 0. The Labute approximate surface area is 125 Å². The zero-order valence-corrected chi connectivity index (χ0v) is 15.0. The predicted molar refractivity (Wildman–Crippen MR) is 55.9 cm³/mol. The number of carbonyl (C=O) groups is 2. The van der Waals surface area contributed by atoms with E-state index in [2.05, 4.69) is 31.9 Å². The summed E-state index contributed by atoms with van der Waals surface area (Å²) in [7, 11) is 0. The molecule has 0 saturated carbocycles. The van der Waals surface area contributed by atoms with Crippen LogP contribution < -0.4 is 10.2 Å². The number of carbonyl (C=O) groups excluding carboxylic acids is 2. The first-order chi connectivity index (χ1) is 6.54. The predicted octanol–water partition coefficient (Wildman–Crippen LogP) is -0.628. The molecule has 4 nitrogen and oxygen atoms in total. The minimum absolute atomic E-state index is 0. The molecule has 0 radical (unpaired) electrons. The summed E-state index contributed by atoms with van der Waals surface area (Å²) in [5.74, 6) is -2.31. The molecule has 0 atom stereocenters. The van der Waals surface area contributed by atoms with E-state index in [-0.39, 0.29) is 27.3 Å². The quantitative estimate of drug-likeness (QED) is 0.331. The van der Waals surface area contributed by atoms with Gasteiger partial charge in [0, 0.05) is 10.7 Å². The normalized spacial score (nSPS) is 9.20. The van der Waals surface area contributed by atoms with Crippen molar-refractivity contribution in [1.82, 2.24) is 0 Å². The molecule has 0 aliphatic heterocycles. The van der Waals surface area contributed by atoms with Gasteiger partial charge in [-0.1, -0.05) is 44.0 Å². The van der Waals surface area contributed by atoms with Crippen molar-refractivity contribution in [3.05, 3.63) is 24.3 Å². The van der Waals surface area contributed by atoms with Crippen LogP contribution in [-0.2, 0) is 36.9 Å². The molecular formula is C8H8Br2CdO4. The zero-order valence-electron chi connectivity index (χ0n) is 7.82. The monoisotopic (exact) mass is 440 g/mol. The SMILES string of the molecule is O=C([O-])/C=C/CBr.O=C([O-])/C=C/CBr.[Cd+2]. The number of halogens is 2. The third-order valence-electron chi connectivity index (χ3n) is 0.686. The molecule has 0 aliphatic carbocycles. The van der Waals surface area contributed by atoms with Crippen molar-refractivity contribution >= 4 is 43.8 Å². The van der Waals surface area contributed by atoms with Gasteiger partial charge in [0.2, 0.25) is 0 Å². The number of hydrogen-bond donors (Lipinski definition) is 0. The number of alkyl halides is 2. The number of hydrogen-bond acceptors (Lipinski definition) is 4. The Morgan fingerprint density at radius 2 is 1.20 bits per heavy atom. The molecule has 0 saturated heterocycles. The number of rotatable bonds is 4. The van der Waals surface area contributed by atoms with Crippen LogP contribution in [0, 0.1) is 0 Å². The van der Waals surface area contributed by atoms with Crippen LogP contribution in [0.25, 0.3) is 0 Å². The molecule has 0 amide bonds.